The average molecular weight is 524 g/mol. The summed E-state index contributed by atoms with van der Waals surface area (Å²) in [4.78, 5) is 28.2. The molecule has 0 saturated carbocycles. The highest BCUT2D eigenvalue weighted by molar-refractivity contribution is 7.92. The first-order valence-electron chi connectivity index (χ1n) is 11.5. The van der Waals surface area contributed by atoms with Crippen molar-refractivity contribution < 1.29 is 22.7 Å². The first-order chi connectivity index (χ1) is 16.5. The molecule has 2 aromatic carbocycles. The van der Waals surface area contributed by atoms with E-state index < -0.39 is 28.5 Å². The minimum Gasteiger partial charge on any atom is -0.495 e. The lowest BCUT2D eigenvalue weighted by Crippen LogP contribution is -2.53. The second-order valence-corrected chi connectivity index (χ2v) is 10.7. The van der Waals surface area contributed by atoms with Gasteiger partial charge in [-0.2, -0.15) is 0 Å². The van der Waals surface area contributed by atoms with E-state index in [2.05, 4.69) is 5.32 Å². The standard InChI is InChI=1S/C25H34ClN3O5S/c1-6-18(3)27-25(31)21(7-2)28(16-19-12-14-20(26)15-13-19)24(30)17-29(35(5,32)33)22-10-8-9-11-23(22)34-4/h8-15,18,21H,6-7,16-17H2,1-5H3,(H,27,31)/t18-,21-/m1/s1. The molecule has 0 spiro atoms. The number of amides is 2. The molecule has 0 aliphatic carbocycles. The predicted molar refractivity (Wildman–Crippen MR) is 139 cm³/mol. The molecule has 0 aliphatic heterocycles. The number of sulfonamides is 1. The zero-order valence-electron chi connectivity index (χ0n) is 20.8. The summed E-state index contributed by atoms with van der Waals surface area (Å²) in [5, 5.41) is 3.49. The summed E-state index contributed by atoms with van der Waals surface area (Å²) in [7, 11) is -2.41. The number of carbonyl (C=O) groups excluding carboxylic acids is 2. The van der Waals surface area contributed by atoms with E-state index in [4.69, 9.17) is 16.3 Å². The van der Waals surface area contributed by atoms with Crippen LogP contribution < -0.4 is 14.4 Å². The normalized spacial score (nSPS) is 13.0. The van der Waals surface area contributed by atoms with Gasteiger partial charge in [-0.05, 0) is 49.6 Å². The number of halogens is 1. The van der Waals surface area contributed by atoms with Crippen molar-refractivity contribution in [1.82, 2.24) is 10.2 Å². The van der Waals surface area contributed by atoms with Gasteiger partial charge in [0, 0.05) is 17.6 Å². The summed E-state index contributed by atoms with van der Waals surface area (Å²) in [5.74, 6) is -0.480. The summed E-state index contributed by atoms with van der Waals surface area (Å²) in [5.41, 5.74) is 1.01. The van der Waals surface area contributed by atoms with Crippen LogP contribution in [0.1, 0.15) is 39.2 Å². The summed E-state index contributed by atoms with van der Waals surface area (Å²) in [6.45, 7) is 5.30. The smallest absolute Gasteiger partial charge is 0.244 e. The Morgan fingerprint density at radius 1 is 1.06 bits per heavy atom. The van der Waals surface area contributed by atoms with E-state index in [9.17, 15) is 18.0 Å². The Morgan fingerprint density at radius 3 is 2.23 bits per heavy atom. The molecule has 0 bridgehead atoms. The molecule has 1 N–H and O–H groups in total. The van der Waals surface area contributed by atoms with E-state index in [1.807, 2.05) is 20.8 Å². The Bertz CT molecular complexity index is 1110. The lowest BCUT2D eigenvalue weighted by Gasteiger charge is -2.33. The predicted octanol–water partition coefficient (Wildman–Crippen LogP) is 3.84. The Labute approximate surface area is 213 Å². The van der Waals surface area contributed by atoms with Gasteiger partial charge in [-0.1, -0.05) is 49.7 Å². The molecule has 2 atom stereocenters. The van der Waals surface area contributed by atoms with Crippen LogP contribution in [0.2, 0.25) is 5.02 Å². The molecular formula is C25H34ClN3O5S. The fourth-order valence-electron chi connectivity index (χ4n) is 3.58. The van der Waals surface area contributed by atoms with Crippen molar-refractivity contribution >= 4 is 39.1 Å². The summed E-state index contributed by atoms with van der Waals surface area (Å²) >= 11 is 6.01. The number of anilines is 1. The third-order valence-corrected chi connectivity index (χ3v) is 7.06. The molecule has 10 heteroatoms. The number of rotatable bonds is 12. The second kappa shape index (κ2) is 12.8. The average Bonchev–Trinajstić information content (AvgIpc) is 2.82. The highest BCUT2D eigenvalue weighted by Crippen LogP contribution is 2.29. The van der Waals surface area contributed by atoms with Crippen LogP contribution in [0.4, 0.5) is 5.69 Å². The third kappa shape index (κ3) is 7.86. The first-order valence-corrected chi connectivity index (χ1v) is 13.7. The van der Waals surface area contributed by atoms with Gasteiger partial charge < -0.3 is 15.0 Å². The van der Waals surface area contributed by atoms with Crippen molar-refractivity contribution in [1.29, 1.82) is 0 Å². The van der Waals surface area contributed by atoms with Crippen molar-refractivity contribution in [2.24, 2.45) is 0 Å². The molecule has 35 heavy (non-hydrogen) atoms. The zero-order valence-corrected chi connectivity index (χ0v) is 22.4. The highest BCUT2D eigenvalue weighted by Gasteiger charge is 2.32. The largest absolute Gasteiger partial charge is 0.495 e. The molecule has 0 radical (unpaired) electrons. The topological polar surface area (TPSA) is 96.0 Å². The fraction of sp³-hybridized carbons (Fsp3) is 0.440. The Kier molecular flexibility index (Phi) is 10.4. The van der Waals surface area contributed by atoms with E-state index in [0.717, 1.165) is 22.5 Å². The quantitative estimate of drug-likeness (QED) is 0.456. The molecule has 0 aromatic heterocycles. The van der Waals surface area contributed by atoms with Crippen LogP contribution in [-0.2, 0) is 26.2 Å². The molecule has 2 amide bonds. The molecule has 192 valence electrons. The maximum atomic E-state index is 13.7. The molecule has 2 aromatic rings. The van der Waals surface area contributed by atoms with E-state index in [-0.39, 0.29) is 24.2 Å². The molecule has 0 aliphatic rings. The van der Waals surface area contributed by atoms with Crippen LogP contribution in [-0.4, -0.2) is 57.1 Å². The molecular weight excluding hydrogens is 490 g/mol. The van der Waals surface area contributed by atoms with Crippen molar-refractivity contribution in [3.05, 3.63) is 59.1 Å². The number of nitrogens with zero attached hydrogens (tertiary/aromatic N) is 2. The number of methoxy groups -OCH3 is 1. The monoisotopic (exact) mass is 523 g/mol. The van der Waals surface area contributed by atoms with E-state index >= 15 is 0 Å². The maximum Gasteiger partial charge on any atom is 0.244 e. The third-order valence-electron chi connectivity index (χ3n) is 5.69. The van der Waals surface area contributed by atoms with Crippen LogP contribution in [0.3, 0.4) is 0 Å². The molecule has 0 unspecified atom stereocenters. The summed E-state index contributed by atoms with van der Waals surface area (Å²) in [6, 6.07) is 12.7. The molecule has 0 heterocycles. The van der Waals surface area contributed by atoms with Gasteiger partial charge in [-0.25, -0.2) is 8.42 Å². The van der Waals surface area contributed by atoms with Gasteiger partial charge in [-0.15, -0.1) is 0 Å². The number of hydrogen-bond donors (Lipinski definition) is 1. The molecule has 0 saturated heterocycles. The number of hydrogen-bond acceptors (Lipinski definition) is 5. The number of ether oxygens (including phenoxy) is 1. The van der Waals surface area contributed by atoms with Gasteiger partial charge in [0.2, 0.25) is 21.8 Å². The van der Waals surface area contributed by atoms with Gasteiger partial charge in [0.05, 0.1) is 19.1 Å². The lowest BCUT2D eigenvalue weighted by atomic mass is 10.1. The van der Waals surface area contributed by atoms with Crippen LogP contribution >= 0.6 is 11.6 Å². The van der Waals surface area contributed by atoms with Crippen molar-refractivity contribution in [2.75, 3.05) is 24.2 Å². The Balaban J connectivity index is 2.46. The Hall–Kier alpha value is -2.78. The van der Waals surface area contributed by atoms with Gasteiger partial charge in [0.15, 0.2) is 0 Å². The number of benzene rings is 2. The van der Waals surface area contributed by atoms with Gasteiger partial charge in [0.1, 0.15) is 18.3 Å². The van der Waals surface area contributed by atoms with Crippen LogP contribution in [0, 0.1) is 0 Å². The SMILES string of the molecule is CC[C@@H](C)NC(=O)[C@@H](CC)N(Cc1ccc(Cl)cc1)C(=O)CN(c1ccccc1OC)S(C)(=O)=O. The summed E-state index contributed by atoms with van der Waals surface area (Å²) < 4.78 is 31.8. The molecule has 0 fully saturated rings. The number of para-hydroxylation sites is 2. The number of nitrogens with one attached hydrogen (secondary N) is 1. The van der Waals surface area contributed by atoms with Crippen LogP contribution in [0.25, 0.3) is 0 Å². The van der Waals surface area contributed by atoms with Crippen LogP contribution in [0.15, 0.2) is 48.5 Å². The minimum atomic E-state index is -3.85. The van der Waals surface area contributed by atoms with Gasteiger partial charge in [0.25, 0.3) is 0 Å². The van der Waals surface area contributed by atoms with Crippen molar-refractivity contribution in [3.8, 4) is 5.75 Å². The maximum absolute atomic E-state index is 13.7. The van der Waals surface area contributed by atoms with E-state index in [0.29, 0.717) is 17.2 Å². The van der Waals surface area contributed by atoms with Gasteiger partial charge >= 0.3 is 0 Å². The number of carbonyl (C=O) groups is 2. The fourth-order valence-corrected chi connectivity index (χ4v) is 4.56. The van der Waals surface area contributed by atoms with Crippen molar-refractivity contribution in [2.45, 2.75) is 52.2 Å². The lowest BCUT2D eigenvalue weighted by molar-refractivity contribution is -0.140. The zero-order chi connectivity index (χ0) is 26.2. The van der Waals surface area contributed by atoms with Crippen molar-refractivity contribution in [3.63, 3.8) is 0 Å². The highest BCUT2D eigenvalue weighted by atomic mass is 35.5. The molecule has 8 nitrogen and oxygen atoms in total. The second-order valence-electron chi connectivity index (χ2n) is 8.33. The molecule has 2 rings (SSSR count). The first kappa shape index (κ1) is 28.5. The van der Waals surface area contributed by atoms with E-state index in [1.54, 1.807) is 48.5 Å². The Morgan fingerprint density at radius 2 is 1.69 bits per heavy atom. The van der Waals surface area contributed by atoms with Gasteiger partial charge in [-0.3, -0.25) is 13.9 Å². The minimum absolute atomic E-state index is 0.0647. The van der Waals surface area contributed by atoms with Crippen LogP contribution in [0.5, 0.6) is 5.75 Å². The van der Waals surface area contributed by atoms with E-state index in [1.165, 1.54) is 12.0 Å². The summed E-state index contributed by atoms with van der Waals surface area (Å²) in [6.07, 6.45) is 2.13.